The van der Waals surface area contributed by atoms with Crippen LogP contribution < -0.4 is 10.5 Å². The molecule has 1 aromatic heterocycles. The normalized spacial score (nSPS) is 15.4. The highest BCUT2D eigenvalue weighted by molar-refractivity contribution is 7.93. The average Bonchev–Trinajstić information content (AvgIpc) is 2.67. The monoisotopic (exact) mass is 276 g/mol. The zero-order valence-corrected chi connectivity index (χ0v) is 11.3. The molecule has 1 aromatic rings. The maximum Gasteiger partial charge on any atom is 0.221 e. The Morgan fingerprint density at radius 3 is 2.71 bits per heavy atom. The van der Waals surface area contributed by atoms with Gasteiger partial charge >= 0.3 is 0 Å². The molecule has 3 N–H and O–H groups in total. The smallest absolute Gasteiger partial charge is 0.221 e. The van der Waals surface area contributed by atoms with Gasteiger partial charge in [-0.25, -0.2) is 13.1 Å². The van der Waals surface area contributed by atoms with Crippen molar-refractivity contribution in [3.63, 3.8) is 0 Å². The minimum atomic E-state index is -3.52. The Labute approximate surface area is 106 Å². The zero-order chi connectivity index (χ0) is 13.1. The topological polar surface area (TPSA) is 90.0 Å². The second-order valence-electron chi connectivity index (χ2n) is 3.84. The molecular weight excluding hydrogens is 260 g/mol. The van der Waals surface area contributed by atoms with E-state index in [9.17, 15) is 8.42 Å². The number of hydrogen-bond donors (Lipinski definition) is 2. The van der Waals surface area contributed by atoms with E-state index in [2.05, 4.69) is 22.0 Å². The third-order valence-corrected chi connectivity index (χ3v) is 4.67. The Hall–Kier alpha value is -0.990. The Morgan fingerprint density at radius 2 is 2.24 bits per heavy atom. The average molecular weight is 276 g/mol. The Bertz CT molecular complexity index is 469. The second kappa shape index (κ2) is 5.56. The molecule has 1 rings (SSSR count). The summed E-state index contributed by atoms with van der Waals surface area (Å²) in [5.41, 5.74) is 5.33. The third-order valence-electron chi connectivity index (χ3n) is 2.25. The maximum atomic E-state index is 11.8. The van der Waals surface area contributed by atoms with E-state index < -0.39 is 15.3 Å². The van der Waals surface area contributed by atoms with Gasteiger partial charge in [-0.1, -0.05) is 12.2 Å². The molecule has 8 heteroatoms. The van der Waals surface area contributed by atoms with Gasteiger partial charge in [-0.3, -0.25) is 4.68 Å². The highest BCUT2D eigenvalue weighted by atomic mass is 32.2. The minimum absolute atomic E-state index is 0.0382. The van der Waals surface area contributed by atoms with Gasteiger partial charge in [0.1, 0.15) is 5.25 Å². The van der Waals surface area contributed by atoms with Crippen molar-refractivity contribution in [1.29, 1.82) is 0 Å². The maximum absolute atomic E-state index is 11.8. The van der Waals surface area contributed by atoms with Crippen LogP contribution in [0.3, 0.4) is 0 Å². The van der Waals surface area contributed by atoms with E-state index in [0.717, 1.165) is 0 Å². The number of nitrogens with zero attached hydrogens (tertiary/aromatic N) is 2. The number of aromatic nitrogens is 2. The Morgan fingerprint density at radius 1 is 1.59 bits per heavy atom. The van der Waals surface area contributed by atoms with Crippen LogP contribution in [0.2, 0.25) is 0 Å². The van der Waals surface area contributed by atoms with Crippen molar-refractivity contribution in [2.45, 2.75) is 31.7 Å². The summed E-state index contributed by atoms with van der Waals surface area (Å²) in [5.74, 6) is 0. The van der Waals surface area contributed by atoms with Crippen molar-refractivity contribution in [3.8, 4) is 0 Å². The summed E-state index contributed by atoms with van der Waals surface area (Å²) >= 11 is 4.68. The summed E-state index contributed by atoms with van der Waals surface area (Å²) in [4.78, 5) is -0.0382. The minimum Gasteiger partial charge on any atom is -0.392 e. The highest BCUT2D eigenvalue weighted by Gasteiger charge is 2.24. The summed E-state index contributed by atoms with van der Waals surface area (Å²) in [5, 5.41) is 3.12. The quantitative estimate of drug-likeness (QED) is 0.706. The molecule has 0 saturated carbocycles. The second-order valence-corrected chi connectivity index (χ2v) is 6.34. The predicted octanol–water partition coefficient (Wildman–Crippen LogP) is -0.134. The number of rotatable bonds is 6. The lowest BCUT2D eigenvalue weighted by atomic mass is 10.4. The van der Waals surface area contributed by atoms with Crippen LogP contribution in [0.15, 0.2) is 18.5 Å². The van der Waals surface area contributed by atoms with Crippen molar-refractivity contribution >= 4 is 27.2 Å². The molecule has 6 nitrogen and oxygen atoms in total. The van der Waals surface area contributed by atoms with Crippen LogP contribution in [-0.2, 0) is 16.6 Å². The summed E-state index contributed by atoms with van der Waals surface area (Å²) < 4.78 is 27.8. The SMILES string of the molecule is CC(Cn1cccn1)NS(=O)(=O)C(C)C(N)=S. The van der Waals surface area contributed by atoms with E-state index in [1.807, 2.05) is 0 Å². The number of sulfonamides is 1. The van der Waals surface area contributed by atoms with E-state index >= 15 is 0 Å². The molecule has 2 unspecified atom stereocenters. The first-order valence-corrected chi connectivity index (χ1v) is 7.06. The number of thiocarbonyl (C=S) groups is 1. The van der Waals surface area contributed by atoms with Gasteiger partial charge in [0.05, 0.1) is 11.5 Å². The molecule has 0 aliphatic rings. The molecule has 0 bridgehead atoms. The molecule has 0 amide bonds. The van der Waals surface area contributed by atoms with Crippen LogP contribution in [0.5, 0.6) is 0 Å². The largest absolute Gasteiger partial charge is 0.392 e. The van der Waals surface area contributed by atoms with Gasteiger partial charge in [-0.05, 0) is 19.9 Å². The lowest BCUT2D eigenvalue weighted by Gasteiger charge is -2.17. The molecule has 0 saturated heterocycles. The van der Waals surface area contributed by atoms with Gasteiger partial charge in [0.2, 0.25) is 10.0 Å². The van der Waals surface area contributed by atoms with Crippen molar-refractivity contribution in [2.75, 3.05) is 0 Å². The molecule has 1 heterocycles. The lowest BCUT2D eigenvalue weighted by Crippen LogP contribution is -2.44. The van der Waals surface area contributed by atoms with Crippen molar-refractivity contribution in [3.05, 3.63) is 18.5 Å². The van der Waals surface area contributed by atoms with Gasteiger partial charge in [0.25, 0.3) is 0 Å². The highest BCUT2D eigenvalue weighted by Crippen LogP contribution is 2.01. The standard InChI is InChI=1S/C9H16N4O2S2/c1-7(6-13-5-3-4-11-13)12-17(14,15)8(2)9(10)16/h3-5,7-8,12H,6H2,1-2H3,(H2,10,16). The lowest BCUT2D eigenvalue weighted by molar-refractivity contribution is 0.493. The molecule has 17 heavy (non-hydrogen) atoms. The van der Waals surface area contributed by atoms with Gasteiger partial charge in [-0.15, -0.1) is 0 Å². The van der Waals surface area contributed by atoms with Crippen molar-refractivity contribution in [2.24, 2.45) is 5.73 Å². The van der Waals surface area contributed by atoms with Crippen LogP contribution in [0.25, 0.3) is 0 Å². The van der Waals surface area contributed by atoms with E-state index in [0.29, 0.717) is 6.54 Å². The first-order chi connectivity index (χ1) is 7.83. The summed E-state index contributed by atoms with van der Waals surface area (Å²) in [6.07, 6.45) is 3.40. The fourth-order valence-corrected chi connectivity index (χ4v) is 2.79. The van der Waals surface area contributed by atoms with Gasteiger partial charge in [0.15, 0.2) is 0 Å². The van der Waals surface area contributed by atoms with E-state index in [-0.39, 0.29) is 11.0 Å². The van der Waals surface area contributed by atoms with E-state index in [1.165, 1.54) is 6.92 Å². The third kappa shape index (κ3) is 4.06. The first kappa shape index (κ1) is 14.1. The molecule has 0 aliphatic heterocycles. The first-order valence-electron chi connectivity index (χ1n) is 5.11. The summed E-state index contributed by atoms with van der Waals surface area (Å²) in [6.45, 7) is 3.67. The molecular formula is C9H16N4O2S2. The number of nitrogens with one attached hydrogen (secondary N) is 1. The molecule has 0 radical (unpaired) electrons. The number of nitrogens with two attached hydrogens (primary N) is 1. The van der Waals surface area contributed by atoms with Crippen LogP contribution in [0, 0.1) is 0 Å². The molecule has 0 spiro atoms. The van der Waals surface area contributed by atoms with Crippen LogP contribution >= 0.6 is 12.2 Å². The molecule has 0 aromatic carbocycles. The summed E-state index contributed by atoms with van der Waals surface area (Å²) in [7, 11) is -3.52. The molecule has 0 fully saturated rings. The van der Waals surface area contributed by atoms with Crippen LogP contribution in [0.1, 0.15) is 13.8 Å². The molecule has 2 atom stereocenters. The fraction of sp³-hybridized carbons (Fsp3) is 0.556. The van der Waals surface area contributed by atoms with Crippen LogP contribution in [-0.4, -0.2) is 34.5 Å². The van der Waals surface area contributed by atoms with E-state index in [4.69, 9.17) is 5.73 Å². The van der Waals surface area contributed by atoms with Gasteiger partial charge in [-0.2, -0.15) is 5.10 Å². The number of hydrogen-bond acceptors (Lipinski definition) is 4. The van der Waals surface area contributed by atoms with E-state index in [1.54, 1.807) is 30.1 Å². The molecule has 96 valence electrons. The Kier molecular flexibility index (Phi) is 4.61. The van der Waals surface area contributed by atoms with Crippen molar-refractivity contribution in [1.82, 2.24) is 14.5 Å². The summed E-state index contributed by atoms with van der Waals surface area (Å²) in [6, 6.07) is 1.50. The fourth-order valence-electron chi connectivity index (χ4n) is 1.26. The van der Waals surface area contributed by atoms with Gasteiger partial charge in [0, 0.05) is 18.4 Å². The zero-order valence-electron chi connectivity index (χ0n) is 9.70. The van der Waals surface area contributed by atoms with Gasteiger partial charge < -0.3 is 5.73 Å². The van der Waals surface area contributed by atoms with Crippen molar-refractivity contribution < 1.29 is 8.42 Å². The molecule has 0 aliphatic carbocycles. The predicted molar refractivity (Wildman–Crippen MR) is 70.0 cm³/mol. The Balaban J connectivity index is 2.62. The van der Waals surface area contributed by atoms with Crippen LogP contribution in [0.4, 0.5) is 0 Å².